The summed E-state index contributed by atoms with van der Waals surface area (Å²) in [5, 5.41) is 4.39. The molecule has 0 unspecified atom stereocenters. The highest BCUT2D eigenvalue weighted by atomic mass is 16.5. The third kappa shape index (κ3) is 2.09. The molecule has 18 heavy (non-hydrogen) atoms. The van der Waals surface area contributed by atoms with Crippen LogP contribution in [0.3, 0.4) is 0 Å². The number of hydrogen-bond donors (Lipinski definition) is 1. The van der Waals surface area contributed by atoms with Gasteiger partial charge in [-0.05, 0) is 32.9 Å². The van der Waals surface area contributed by atoms with Gasteiger partial charge in [0.25, 0.3) is 0 Å². The van der Waals surface area contributed by atoms with Crippen molar-refractivity contribution in [3.05, 3.63) is 35.4 Å². The Hall–Kier alpha value is -1.88. The van der Waals surface area contributed by atoms with E-state index in [0.29, 0.717) is 0 Å². The van der Waals surface area contributed by atoms with Crippen molar-refractivity contribution in [2.75, 3.05) is 7.11 Å². The molecule has 1 aromatic carbocycles. The van der Waals surface area contributed by atoms with E-state index in [1.54, 1.807) is 11.8 Å². The molecule has 5 nitrogen and oxygen atoms in total. The Morgan fingerprint density at radius 3 is 2.56 bits per heavy atom. The Bertz CT molecular complexity index is 560. The van der Waals surface area contributed by atoms with Gasteiger partial charge in [-0.1, -0.05) is 6.07 Å². The van der Waals surface area contributed by atoms with E-state index in [-0.39, 0.29) is 6.04 Å². The molecular formula is C13H18N4O. The van der Waals surface area contributed by atoms with Crippen molar-refractivity contribution in [1.29, 1.82) is 0 Å². The number of benzene rings is 1. The van der Waals surface area contributed by atoms with Crippen molar-refractivity contribution < 1.29 is 4.74 Å². The second-order valence-corrected chi connectivity index (χ2v) is 4.30. The summed E-state index contributed by atoms with van der Waals surface area (Å²) in [5.41, 5.74) is 7.90. The minimum atomic E-state index is -0.139. The van der Waals surface area contributed by atoms with Crippen LogP contribution in [0.15, 0.2) is 18.2 Å². The fourth-order valence-electron chi connectivity index (χ4n) is 2.10. The summed E-state index contributed by atoms with van der Waals surface area (Å²) in [5.74, 6) is 2.35. The first kappa shape index (κ1) is 12.6. The highest BCUT2D eigenvalue weighted by Gasteiger charge is 2.16. The lowest BCUT2D eigenvalue weighted by Crippen LogP contribution is -2.13. The van der Waals surface area contributed by atoms with Gasteiger partial charge in [-0.25, -0.2) is 9.67 Å². The van der Waals surface area contributed by atoms with E-state index < -0.39 is 0 Å². The van der Waals surface area contributed by atoms with Crippen molar-refractivity contribution in [1.82, 2.24) is 14.8 Å². The Labute approximate surface area is 107 Å². The summed E-state index contributed by atoms with van der Waals surface area (Å²) < 4.78 is 7.18. The van der Waals surface area contributed by atoms with E-state index >= 15 is 0 Å². The van der Waals surface area contributed by atoms with Crippen LogP contribution >= 0.6 is 0 Å². The lowest BCUT2D eigenvalue weighted by molar-refractivity contribution is 0.406. The maximum atomic E-state index is 6.04. The molecule has 0 saturated heterocycles. The van der Waals surface area contributed by atoms with Crippen LogP contribution in [0.4, 0.5) is 0 Å². The van der Waals surface area contributed by atoms with Gasteiger partial charge in [0.05, 0.1) is 12.8 Å². The van der Waals surface area contributed by atoms with Crippen LogP contribution in [0.5, 0.6) is 5.75 Å². The second kappa shape index (κ2) is 4.78. The first-order valence-electron chi connectivity index (χ1n) is 5.87. The van der Waals surface area contributed by atoms with Crippen molar-refractivity contribution >= 4 is 0 Å². The molecule has 0 saturated carbocycles. The summed E-state index contributed by atoms with van der Waals surface area (Å²) in [6.07, 6.45) is 0. The summed E-state index contributed by atoms with van der Waals surface area (Å²) in [4.78, 5) is 4.31. The molecule has 0 aliphatic carbocycles. The molecule has 0 aliphatic heterocycles. The number of ether oxygens (including phenoxy) is 1. The molecule has 0 radical (unpaired) electrons. The van der Waals surface area contributed by atoms with E-state index in [1.165, 1.54) is 0 Å². The Balaban J connectivity index is 2.67. The van der Waals surface area contributed by atoms with Crippen LogP contribution in [0, 0.1) is 13.8 Å². The maximum absolute atomic E-state index is 6.04. The molecule has 1 atom stereocenters. The smallest absolute Gasteiger partial charge is 0.148 e. The first-order chi connectivity index (χ1) is 8.54. The average Bonchev–Trinajstić information content (AvgIpc) is 2.67. The molecule has 96 valence electrons. The quantitative estimate of drug-likeness (QED) is 0.898. The van der Waals surface area contributed by atoms with E-state index in [1.807, 2.05) is 39.0 Å². The predicted octanol–water partition coefficient (Wildman–Crippen LogP) is 1.91. The fourth-order valence-corrected chi connectivity index (χ4v) is 2.10. The zero-order valence-electron chi connectivity index (χ0n) is 11.1. The molecule has 2 aromatic rings. The number of nitrogens with two attached hydrogens (primary N) is 1. The zero-order chi connectivity index (χ0) is 13.3. The molecule has 0 fully saturated rings. The summed E-state index contributed by atoms with van der Waals surface area (Å²) in [7, 11) is 1.64. The van der Waals surface area contributed by atoms with Gasteiger partial charge in [0.15, 0.2) is 0 Å². The van der Waals surface area contributed by atoms with Crippen LogP contribution < -0.4 is 10.5 Å². The molecule has 0 bridgehead atoms. The minimum absolute atomic E-state index is 0.139. The number of aromatic nitrogens is 3. The van der Waals surface area contributed by atoms with Gasteiger partial charge in [-0.3, -0.25) is 0 Å². The molecule has 1 heterocycles. The molecule has 2 N–H and O–H groups in total. The average molecular weight is 246 g/mol. The topological polar surface area (TPSA) is 66.0 Å². The molecule has 2 rings (SSSR count). The van der Waals surface area contributed by atoms with Gasteiger partial charge in [-0.2, -0.15) is 5.10 Å². The number of nitrogens with zero attached hydrogens (tertiary/aromatic N) is 3. The molecule has 5 heteroatoms. The largest absolute Gasteiger partial charge is 0.496 e. The standard InChI is InChI=1S/C13H18N4O/c1-8(14)13-11(6-5-7-12(13)18-4)17-10(3)15-9(2)16-17/h5-8H,14H2,1-4H3/t8-/m0/s1. The summed E-state index contributed by atoms with van der Waals surface area (Å²) >= 11 is 0. The minimum Gasteiger partial charge on any atom is -0.496 e. The van der Waals surface area contributed by atoms with E-state index in [4.69, 9.17) is 10.5 Å². The van der Waals surface area contributed by atoms with Crippen LogP contribution in [-0.4, -0.2) is 21.9 Å². The summed E-state index contributed by atoms with van der Waals surface area (Å²) in [6.45, 7) is 5.72. The SMILES string of the molecule is COc1cccc(-n2nc(C)nc2C)c1[C@H](C)N. The van der Waals surface area contributed by atoms with Gasteiger partial charge >= 0.3 is 0 Å². The van der Waals surface area contributed by atoms with Crippen LogP contribution in [-0.2, 0) is 0 Å². The number of hydrogen-bond acceptors (Lipinski definition) is 4. The van der Waals surface area contributed by atoms with Crippen molar-refractivity contribution in [2.24, 2.45) is 5.73 Å². The van der Waals surface area contributed by atoms with Crippen molar-refractivity contribution in [2.45, 2.75) is 26.8 Å². The normalized spacial score (nSPS) is 12.5. The maximum Gasteiger partial charge on any atom is 0.148 e. The van der Waals surface area contributed by atoms with E-state index in [0.717, 1.165) is 28.6 Å². The molecule has 0 amide bonds. The number of rotatable bonds is 3. The van der Waals surface area contributed by atoms with Crippen molar-refractivity contribution in [3.63, 3.8) is 0 Å². The van der Waals surface area contributed by atoms with E-state index in [2.05, 4.69) is 10.1 Å². The second-order valence-electron chi connectivity index (χ2n) is 4.30. The molecule has 1 aromatic heterocycles. The molecular weight excluding hydrogens is 228 g/mol. The lowest BCUT2D eigenvalue weighted by Gasteiger charge is -2.17. The number of methoxy groups -OCH3 is 1. The third-order valence-electron chi connectivity index (χ3n) is 2.82. The Kier molecular flexibility index (Phi) is 3.34. The number of aryl methyl sites for hydroxylation is 2. The van der Waals surface area contributed by atoms with Crippen molar-refractivity contribution in [3.8, 4) is 11.4 Å². The molecule has 0 spiro atoms. The van der Waals surface area contributed by atoms with Crippen LogP contribution in [0.25, 0.3) is 5.69 Å². The Morgan fingerprint density at radius 1 is 1.33 bits per heavy atom. The fraction of sp³-hybridized carbons (Fsp3) is 0.385. The van der Waals surface area contributed by atoms with Gasteiger partial charge in [0.2, 0.25) is 0 Å². The van der Waals surface area contributed by atoms with Gasteiger partial charge in [0, 0.05) is 11.6 Å². The zero-order valence-corrected chi connectivity index (χ0v) is 11.1. The Morgan fingerprint density at radius 2 is 2.06 bits per heavy atom. The first-order valence-corrected chi connectivity index (χ1v) is 5.87. The highest BCUT2D eigenvalue weighted by Crippen LogP contribution is 2.30. The monoisotopic (exact) mass is 246 g/mol. The van der Waals surface area contributed by atoms with E-state index in [9.17, 15) is 0 Å². The summed E-state index contributed by atoms with van der Waals surface area (Å²) in [6, 6.07) is 5.67. The van der Waals surface area contributed by atoms with Crippen LogP contribution in [0.1, 0.15) is 30.2 Å². The van der Waals surface area contributed by atoms with Crippen LogP contribution in [0.2, 0.25) is 0 Å². The molecule has 0 aliphatic rings. The highest BCUT2D eigenvalue weighted by molar-refractivity contribution is 5.51. The third-order valence-corrected chi connectivity index (χ3v) is 2.82. The lowest BCUT2D eigenvalue weighted by atomic mass is 10.1. The van der Waals surface area contributed by atoms with Gasteiger partial charge in [0.1, 0.15) is 17.4 Å². The predicted molar refractivity (Wildman–Crippen MR) is 70.0 cm³/mol. The van der Waals surface area contributed by atoms with Gasteiger partial charge < -0.3 is 10.5 Å². The van der Waals surface area contributed by atoms with Gasteiger partial charge in [-0.15, -0.1) is 0 Å².